The van der Waals surface area contributed by atoms with Crippen molar-refractivity contribution in [3.8, 4) is 34.3 Å². The van der Waals surface area contributed by atoms with Crippen molar-refractivity contribution in [1.82, 2.24) is 19.9 Å². The molecule has 1 aliphatic carbocycles. The van der Waals surface area contributed by atoms with Crippen LogP contribution in [0.3, 0.4) is 0 Å². The monoisotopic (exact) mass is 736 g/mol. The molecule has 0 spiro atoms. The molecule has 2 aromatic carbocycles. The number of hydrogen-bond donors (Lipinski definition) is 0. The van der Waals surface area contributed by atoms with Crippen LogP contribution in [0.15, 0.2) is 98.6 Å². The highest BCUT2D eigenvalue weighted by atomic mass is 16.6. The first-order valence-corrected chi connectivity index (χ1v) is 17.4. The average molecular weight is 737 g/mol. The van der Waals surface area contributed by atoms with Gasteiger partial charge >= 0.3 is 23.9 Å². The van der Waals surface area contributed by atoms with E-state index in [2.05, 4.69) is 33.1 Å². The van der Waals surface area contributed by atoms with Crippen LogP contribution in [0.1, 0.15) is 59.2 Å². The summed E-state index contributed by atoms with van der Waals surface area (Å²) in [6.07, 6.45) is 11.0. The van der Waals surface area contributed by atoms with E-state index in [0.29, 0.717) is 84.3 Å². The molecular formula is C40H40N4O10. The van der Waals surface area contributed by atoms with Gasteiger partial charge in [-0.2, -0.15) is 0 Å². The fourth-order valence-corrected chi connectivity index (χ4v) is 5.30. The summed E-state index contributed by atoms with van der Waals surface area (Å²) in [5.74, 6) is -0.170. The molecule has 0 N–H and O–H groups in total. The zero-order valence-electron chi connectivity index (χ0n) is 29.6. The number of carbonyl (C=O) groups excluding carboxylic acids is 4. The van der Waals surface area contributed by atoms with Gasteiger partial charge in [-0.15, -0.1) is 0 Å². The summed E-state index contributed by atoms with van der Waals surface area (Å²) in [4.78, 5) is 65.8. The zero-order chi connectivity index (χ0) is 38.1. The maximum atomic E-state index is 13.1. The van der Waals surface area contributed by atoms with Gasteiger partial charge in [-0.05, 0) is 49.9 Å². The van der Waals surface area contributed by atoms with Gasteiger partial charge in [-0.25, -0.2) is 39.1 Å². The van der Waals surface area contributed by atoms with E-state index in [0.717, 1.165) is 25.0 Å². The number of nitrogens with zero attached hydrogens (tertiary/aromatic N) is 4. The van der Waals surface area contributed by atoms with Gasteiger partial charge in [0.05, 0.1) is 62.3 Å². The van der Waals surface area contributed by atoms with Crippen molar-refractivity contribution in [3.05, 3.63) is 110 Å². The lowest BCUT2D eigenvalue weighted by Crippen LogP contribution is -2.37. The van der Waals surface area contributed by atoms with Crippen molar-refractivity contribution in [2.45, 2.75) is 50.7 Å². The van der Waals surface area contributed by atoms with Crippen molar-refractivity contribution in [3.63, 3.8) is 0 Å². The van der Waals surface area contributed by atoms with Crippen LogP contribution >= 0.6 is 0 Å². The van der Waals surface area contributed by atoms with Gasteiger partial charge in [0.15, 0.2) is 23.1 Å². The summed E-state index contributed by atoms with van der Waals surface area (Å²) in [6, 6.07) is 13.5. The van der Waals surface area contributed by atoms with Gasteiger partial charge < -0.3 is 28.4 Å². The highest BCUT2D eigenvalue weighted by molar-refractivity contribution is 5.91. The van der Waals surface area contributed by atoms with E-state index in [-0.39, 0.29) is 13.2 Å². The molecule has 14 nitrogen and oxygen atoms in total. The van der Waals surface area contributed by atoms with Gasteiger partial charge in [0.25, 0.3) is 0 Å². The molecule has 14 heteroatoms. The Labute approximate surface area is 312 Å². The topological polar surface area (TPSA) is 175 Å². The Kier molecular flexibility index (Phi) is 14.3. The highest BCUT2D eigenvalue weighted by Crippen LogP contribution is 2.27. The Morgan fingerprint density at radius 1 is 0.574 bits per heavy atom. The maximum absolute atomic E-state index is 13.1. The second-order valence-electron chi connectivity index (χ2n) is 12.0. The number of esters is 4. The number of carbonyl (C=O) groups is 4. The minimum atomic E-state index is -0.588. The summed E-state index contributed by atoms with van der Waals surface area (Å²) in [7, 11) is 0. The summed E-state index contributed by atoms with van der Waals surface area (Å²) >= 11 is 0. The molecule has 2 atom stereocenters. The first-order chi connectivity index (χ1) is 26.3. The van der Waals surface area contributed by atoms with E-state index >= 15 is 0 Å². The molecule has 0 saturated heterocycles. The van der Waals surface area contributed by atoms with Gasteiger partial charge in [-0.1, -0.05) is 37.4 Å². The van der Waals surface area contributed by atoms with Crippen LogP contribution in [-0.4, -0.2) is 82.4 Å². The molecule has 54 heavy (non-hydrogen) atoms. The van der Waals surface area contributed by atoms with E-state index in [1.807, 2.05) is 0 Å². The molecule has 0 aliphatic heterocycles. The van der Waals surface area contributed by atoms with Gasteiger partial charge in [0, 0.05) is 36.1 Å². The van der Waals surface area contributed by atoms with Crippen LogP contribution in [0.2, 0.25) is 0 Å². The summed E-state index contributed by atoms with van der Waals surface area (Å²) in [5.41, 5.74) is 2.07. The fourth-order valence-electron chi connectivity index (χ4n) is 5.30. The normalized spacial score (nSPS) is 14.9. The Morgan fingerprint density at radius 2 is 0.944 bits per heavy atom. The van der Waals surface area contributed by atoms with Gasteiger partial charge in [-0.3, -0.25) is 0 Å². The van der Waals surface area contributed by atoms with Crippen molar-refractivity contribution < 1.29 is 47.6 Å². The lowest BCUT2D eigenvalue weighted by molar-refractivity contribution is -0.138. The molecule has 1 fully saturated rings. The van der Waals surface area contributed by atoms with Crippen LogP contribution in [0.5, 0.6) is 11.5 Å². The first kappa shape index (κ1) is 38.8. The van der Waals surface area contributed by atoms with Crippen LogP contribution < -0.4 is 9.47 Å². The molecule has 1 saturated carbocycles. The van der Waals surface area contributed by atoms with Crippen molar-refractivity contribution in [1.29, 1.82) is 0 Å². The van der Waals surface area contributed by atoms with Gasteiger partial charge in [0.1, 0.15) is 12.2 Å². The van der Waals surface area contributed by atoms with Crippen LogP contribution in [0, 0.1) is 0 Å². The van der Waals surface area contributed by atoms with Gasteiger partial charge in [0.2, 0.25) is 0 Å². The Hall–Kier alpha value is -6.44. The summed E-state index contributed by atoms with van der Waals surface area (Å²) in [5, 5.41) is 0. The first-order valence-electron chi connectivity index (χ1n) is 17.4. The number of ether oxygens (including phenoxy) is 6. The minimum absolute atomic E-state index is 0.216. The largest absolute Gasteiger partial charge is 0.490 e. The maximum Gasteiger partial charge on any atom is 0.338 e. The van der Waals surface area contributed by atoms with E-state index in [4.69, 9.17) is 28.4 Å². The van der Waals surface area contributed by atoms with Crippen molar-refractivity contribution in [2.24, 2.45) is 0 Å². The predicted molar refractivity (Wildman–Crippen MR) is 194 cm³/mol. The van der Waals surface area contributed by atoms with Crippen LogP contribution in [0.4, 0.5) is 0 Å². The summed E-state index contributed by atoms with van der Waals surface area (Å²) < 4.78 is 32.7. The molecule has 0 unspecified atom stereocenters. The average Bonchev–Trinajstić information content (AvgIpc) is 3.21. The van der Waals surface area contributed by atoms with E-state index in [1.54, 1.807) is 73.3 Å². The Bertz CT molecular complexity index is 1740. The third-order valence-electron chi connectivity index (χ3n) is 8.11. The van der Waals surface area contributed by atoms with Crippen molar-refractivity contribution in [2.75, 3.05) is 26.4 Å². The zero-order valence-corrected chi connectivity index (χ0v) is 29.6. The van der Waals surface area contributed by atoms with Crippen LogP contribution in [-0.2, 0) is 28.5 Å². The fraction of sp³-hybridized carbons (Fsp3) is 0.300. The number of aromatic nitrogens is 4. The molecule has 5 rings (SSSR count). The molecule has 4 aromatic rings. The molecule has 0 bridgehead atoms. The molecule has 280 valence electrons. The second kappa shape index (κ2) is 20.0. The second-order valence-corrected chi connectivity index (χ2v) is 12.0. The lowest BCUT2D eigenvalue weighted by atomic mass is 9.94. The molecule has 1 aliphatic rings. The molecular weight excluding hydrogens is 696 g/mol. The Morgan fingerprint density at radius 3 is 1.30 bits per heavy atom. The number of rotatable bonds is 18. The SMILES string of the molecule is C=CC(=O)OCCCOc1cnc(-c2ccc(C(=O)O[C@@H]3CCCC[C@H]3OC(=O)c3ccc(-c4ncc(OCCCOC(=O)C=C)cn4)cc3)cc2)nc1. The van der Waals surface area contributed by atoms with Crippen LogP contribution in [0.25, 0.3) is 22.8 Å². The molecule has 0 amide bonds. The predicted octanol–water partition coefficient (Wildman–Crippen LogP) is 5.92. The van der Waals surface area contributed by atoms with E-state index < -0.39 is 36.1 Å². The molecule has 2 heterocycles. The minimum Gasteiger partial charge on any atom is -0.490 e. The van der Waals surface area contributed by atoms with E-state index in [9.17, 15) is 19.2 Å². The number of hydrogen-bond acceptors (Lipinski definition) is 14. The third kappa shape index (κ3) is 11.5. The summed E-state index contributed by atoms with van der Waals surface area (Å²) in [6.45, 7) is 7.77. The quantitative estimate of drug-likeness (QED) is 0.0509. The third-order valence-corrected chi connectivity index (χ3v) is 8.11. The standard InChI is InChI=1S/C40H40N4O10/c1-3-35(45)51-21-7-19-49-31-23-41-37(42-24-31)27-11-15-29(16-12-27)39(47)53-33-9-5-6-10-34(33)54-40(48)30-17-13-28(14-18-30)38-43-25-32(26-44-38)50-20-8-22-52-36(46)4-2/h3-4,11-18,23-26,33-34H,1-2,5-10,19-22H2/t33-,34-/m1/s1. The van der Waals surface area contributed by atoms with Crippen molar-refractivity contribution >= 4 is 23.9 Å². The molecule has 0 radical (unpaired) electrons. The Balaban J connectivity index is 1.08. The smallest absolute Gasteiger partial charge is 0.338 e. The number of benzene rings is 2. The van der Waals surface area contributed by atoms with E-state index in [1.165, 1.54) is 0 Å². The lowest BCUT2D eigenvalue weighted by Gasteiger charge is -2.30. The molecule has 2 aromatic heterocycles. The highest BCUT2D eigenvalue weighted by Gasteiger charge is 2.32.